The van der Waals surface area contributed by atoms with Crippen molar-refractivity contribution in [1.29, 1.82) is 0 Å². The Kier molecular flexibility index (Phi) is 4.15. The summed E-state index contributed by atoms with van der Waals surface area (Å²) in [5.41, 5.74) is -0.436. The van der Waals surface area contributed by atoms with E-state index in [1.165, 1.54) is 6.07 Å². The van der Waals surface area contributed by atoms with Gasteiger partial charge in [0.05, 0.1) is 11.3 Å². The molecule has 1 fully saturated rings. The predicted molar refractivity (Wildman–Crippen MR) is 82.8 cm³/mol. The summed E-state index contributed by atoms with van der Waals surface area (Å²) in [6.07, 6.45) is 0.299. The summed E-state index contributed by atoms with van der Waals surface area (Å²) in [4.78, 5) is 11.3. The molecule has 10 heteroatoms. The van der Waals surface area contributed by atoms with Crippen LogP contribution in [0.2, 0.25) is 0 Å². The first-order valence-corrected chi connectivity index (χ1v) is 8.82. The monoisotopic (exact) mass is 373 g/mol. The number of anilines is 1. The molecule has 1 saturated heterocycles. The van der Waals surface area contributed by atoms with E-state index in [1.807, 2.05) is 0 Å². The van der Waals surface area contributed by atoms with E-state index in [-0.39, 0.29) is 12.3 Å². The molecule has 2 aromatic rings. The minimum Gasteiger partial charge on any atom is -0.502 e. The maximum atomic E-state index is 14.0. The molecule has 25 heavy (non-hydrogen) atoms. The summed E-state index contributed by atoms with van der Waals surface area (Å²) in [6.45, 7) is 1.08. The lowest BCUT2D eigenvalue weighted by molar-refractivity contribution is -0.132. The van der Waals surface area contributed by atoms with Gasteiger partial charge >= 0.3 is 5.97 Å². The van der Waals surface area contributed by atoms with Gasteiger partial charge < -0.3 is 14.3 Å². The van der Waals surface area contributed by atoms with Gasteiger partial charge in [-0.3, -0.25) is 4.79 Å². The smallest absolute Gasteiger partial charge is 0.308 e. The number of rotatable bonds is 3. The Bertz CT molecular complexity index is 953. The Hall–Kier alpha value is -2.62. The van der Waals surface area contributed by atoms with Crippen molar-refractivity contribution in [3.05, 3.63) is 29.8 Å². The molecule has 0 atom stereocenters. The van der Waals surface area contributed by atoms with Crippen molar-refractivity contribution in [2.75, 3.05) is 16.6 Å². The molecule has 1 aliphatic rings. The molecule has 2 heterocycles. The molecule has 0 radical (unpaired) electrons. The van der Waals surface area contributed by atoms with Crippen LogP contribution in [0.5, 0.6) is 11.5 Å². The number of nitrogens with zero attached hydrogens (tertiary/aromatic N) is 1. The number of halogens is 2. The third kappa shape index (κ3) is 2.93. The number of esters is 1. The number of ether oxygens (including phenoxy) is 1. The van der Waals surface area contributed by atoms with E-state index >= 15 is 0 Å². The van der Waals surface area contributed by atoms with E-state index in [0.29, 0.717) is 6.42 Å². The minimum atomic E-state index is -3.73. The van der Waals surface area contributed by atoms with E-state index in [1.54, 1.807) is 0 Å². The second-order valence-electron chi connectivity index (χ2n) is 5.35. The number of aromatic hydroxyl groups is 1. The molecule has 3 rings (SSSR count). The fourth-order valence-electron chi connectivity index (χ4n) is 2.53. The third-order valence-electron chi connectivity index (χ3n) is 3.59. The van der Waals surface area contributed by atoms with Crippen LogP contribution in [0.3, 0.4) is 0 Å². The van der Waals surface area contributed by atoms with Crippen molar-refractivity contribution < 1.29 is 36.3 Å². The van der Waals surface area contributed by atoms with E-state index in [2.05, 4.69) is 0 Å². The lowest BCUT2D eigenvalue weighted by Gasteiger charge is -2.14. The average Bonchev–Trinajstić information content (AvgIpc) is 3.02. The molecule has 0 amide bonds. The molecule has 1 aromatic carbocycles. The molecule has 0 bridgehead atoms. The Labute approximate surface area is 141 Å². The lowest BCUT2D eigenvalue weighted by atomic mass is 10.1. The van der Waals surface area contributed by atoms with Crippen molar-refractivity contribution in [2.45, 2.75) is 13.3 Å². The fraction of sp³-hybridized carbons (Fsp3) is 0.267. The second kappa shape index (κ2) is 6.03. The molecule has 0 unspecified atom stereocenters. The first-order valence-electron chi connectivity index (χ1n) is 7.21. The number of sulfonamides is 1. The van der Waals surface area contributed by atoms with Crippen molar-refractivity contribution in [3.63, 3.8) is 0 Å². The second-order valence-corrected chi connectivity index (χ2v) is 7.36. The summed E-state index contributed by atoms with van der Waals surface area (Å²) in [5, 5.41) is 10.3. The van der Waals surface area contributed by atoms with Gasteiger partial charge in [-0.25, -0.2) is 21.5 Å². The van der Waals surface area contributed by atoms with E-state index < -0.39 is 56.3 Å². The Morgan fingerprint density at radius 1 is 1.36 bits per heavy atom. The van der Waals surface area contributed by atoms with Gasteiger partial charge in [0, 0.05) is 13.5 Å². The molecule has 7 nitrogen and oxygen atoms in total. The highest BCUT2D eigenvalue weighted by Crippen LogP contribution is 2.49. The maximum absolute atomic E-state index is 14.0. The lowest BCUT2D eigenvalue weighted by Crippen LogP contribution is -2.25. The zero-order valence-electron chi connectivity index (χ0n) is 13.0. The Balaban J connectivity index is 2.22. The predicted octanol–water partition coefficient (Wildman–Crippen LogP) is 2.40. The van der Waals surface area contributed by atoms with Gasteiger partial charge in [0.25, 0.3) is 5.88 Å². The van der Waals surface area contributed by atoms with Gasteiger partial charge in [0.15, 0.2) is 17.4 Å². The normalized spacial score (nSPS) is 16.2. The van der Waals surface area contributed by atoms with Crippen molar-refractivity contribution in [3.8, 4) is 22.8 Å². The number of hydrogen-bond acceptors (Lipinski definition) is 6. The summed E-state index contributed by atoms with van der Waals surface area (Å²) in [7, 11) is -3.73. The molecular weight excluding hydrogens is 360 g/mol. The number of benzene rings is 1. The summed E-state index contributed by atoms with van der Waals surface area (Å²) < 4.78 is 62.6. The Morgan fingerprint density at radius 2 is 2.08 bits per heavy atom. The van der Waals surface area contributed by atoms with Crippen molar-refractivity contribution in [1.82, 2.24) is 0 Å². The standard InChI is InChI=1S/C15H13F2NO6S/c1-8(19)23-14-12(20)13(9-4-2-5-10(16)11(9)17)24-15(14)18-6-3-7-25(18,21)22/h2,4-5,20H,3,6-7H2,1H3. The van der Waals surface area contributed by atoms with Crippen LogP contribution in [0.4, 0.5) is 14.7 Å². The Morgan fingerprint density at radius 3 is 2.68 bits per heavy atom. The van der Waals surface area contributed by atoms with Gasteiger partial charge in [-0.15, -0.1) is 0 Å². The van der Waals surface area contributed by atoms with Crippen molar-refractivity contribution >= 4 is 21.9 Å². The van der Waals surface area contributed by atoms with Crippen molar-refractivity contribution in [2.24, 2.45) is 0 Å². The van der Waals surface area contributed by atoms with Gasteiger partial charge in [-0.2, -0.15) is 0 Å². The van der Waals surface area contributed by atoms with E-state index in [9.17, 15) is 27.1 Å². The number of carbonyl (C=O) groups is 1. The molecule has 0 aliphatic carbocycles. The van der Waals surface area contributed by atoms with Crippen LogP contribution in [0.15, 0.2) is 22.6 Å². The first kappa shape index (κ1) is 17.2. The zero-order valence-corrected chi connectivity index (χ0v) is 13.8. The molecule has 1 aromatic heterocycles. The summed E-state index contributed by atoms with van der Waals surface area (Å²) in [6, 6.07) is 3.20. The number of carbonyl (C=O) groups excluding carboxylic acids is 1. The van der Waals surface area contributed by atoms with Crippen LogP contribution in [-0.4, -0.2) is 31.8 Å². The highest BCUT2D eigenvalue weighted by molar-refractivity contribution is 7.93. The summed E-state index contributed by atoms with van der Waals surface area (Å²) in [5.74, 6) is -5.82. The molecule has 1 N–H and O–H groups in total. The van der Waals surface area contributed by atoms with Gasteiger partial charge in [0.1, 0.15) is 0 Å². The van der Waals surface area contributed by atoms with Crippen LogP contribution >= 0.6 is 0 Å². The molecule has 134 valence electrons. The third-order valence-corrected chi connectivity index (χ3v) is 5.42. The number of furan rings is 1. The van der Waals surface area contributed by atoms with Gasteiger partial charge in [-0.05, 0) is 18.6 Å². The fourth-order valence-corrected chi connectivity index (χ4v) is 4.02. The van der Waals surface area contributed by atoms with Crippen LogP contribution in [0, 0.1) is 11.6 Å². The maximum Gasteiger partial charge on any atom is 0.308 e. The topological polar surface area (TPSA) is 97.0 Å². The molecule has 1 aliphatic heterocycles. The average molecular weight is 373 g/mol. The summed E-state index contributed by atoms with van der Waals surface area (Å²) >= 11 is 0. The van der Waals surface area contributed by atoms with Crippen LogP contribution in [0.25, 0.3) is 11.3 Å². The van der Waals surface area contributed by atoms with Crippen LogP contribution in [-0.2, 0) is 14.8 Å². The molecular formula is C15H13F2NO6S. The minimum absolute atomic E-state index is 0.0363. The zero-order chi connectivity index (χ0) is 18.4. The van der Waals surface area contributed by atoms with E-state index in [4.69, 9.17) is 9.15 Å². The van der Waals surface area contributed by atoms with Crippen LogP contribution in [0.1, 0.15) is 13.3 Å². The highest BCUT2D eigenvalue weighted by Gasteiger charge is 2.37. The molecule has 0 spiro atoms. The highest BCUT2D eigenvalue weighted by atomic mass is 32.2. The SMILES string of the molecule is CC(=O)Oc1c(N2CCCS2(=O)=O)oc(-c2cccc(F)c2F)c1O. The quantitative estimate of drug-likeness (QED) is 0.830. The first-order chi connectivity index (χ1) is 11.7. The largest absolute Gasteiger partial charge is 0.502 e. The van der Waals surface area contributed by atoms with Gasteiger partial charge in [-0.1, -0.05) is 6.07 Å². The van der Waals surface area contributed by atoms with E-state index in [0.717, 1.165) is 23.4 Å². The molecule has 0 saturated carbocycles. The van der Waals surface area contributed by atoms with Crippen LogP contribution < -0.4 is 9.04 Å². The number of hydrogen-bond donors (Lipinski definition) is 1. The van der Waals surface area contributed by atoms with Gasteiger partial charge in [0.2, 0.25) is 21.5 Å².